The van der Waals surface area contributed by atoms with Crippen molar-refractivity contribution in [3.8, 4) is 0 Å². The number of piperazine rings is 1. The molecular formula is C13H23N5. The predicted molar refractivity (Wildman–Crippen MR) is 75.2 cm³/mol. The van der Waals surface area contributed by atoms with E-state index < -0.39 is 0 Å². The third-order valence-electron chi connectivity index (χ3n) is 3.57. The van der Waals surface area contributed by atoms with Crippen molar-refractivity contribution < 1.29 is 0 Å². The molecule has 0 saturated carbocycles. The second-order valence-electron chi connectivity index (χ2n) is 5.19. The van der Waals surface area contributed by atoms with Gasteiger partial charge in [0.05, 0.1) is 0 Å². The van der Waals surface area contributed by atoms with E-state index in [0.717, 1.165) is 31.3 Å². The van der Waals surface area contributed by atoms with Crippen LogP contribution in [0, 0.1) is 0 Å². The summed E-state index contributed by atoms with van der Waals surface area (Å²) in [5.74, 6) is 2.02. The van der Waals surface area contributed by atoms with Gasteiger partial charge in [-0.3, -0.25) is 0 Å². The van der Waals surface area contributed by atoms with Crippen LogP contribution in [0.2, 0.25) is 0 Å². The molecule has 2 heterocycles. The van der Waals surface area contributed by atoms with Crippen molar-refractivity contribution in [1.29, 1.82) is 0 Å². The first-order chi connectivity index (χ1) is 8.59. The maximum Gasteiger partial charge on any atom is 0.134 e. The van der Waals surface area contributed by atoms with E-state index in [0.29, 0.717) is 12.1 Å². The summed E-state index contributed by atoms with van der Waals surface area (Å²) < 4.78 is 0. The summed E-state index contributed by atoms with van der Waals surface area (Å²) >= 11 is 0. The molecule has 100 valence electrons. The van der Waals surface area contributed by atoms with Crippen LogP contribution in [0.25, 0.3) is 0 Å². The molecule has 1 atom stereocenters. The number of nitrogens with zero attached hydrogens (tertiary/aromatic N) is 4. The highest BCUT2D eigenvalue weighted by Crippen LogP contribution is 2.20. The summed E-state index contributed by atoms with van der Waals surface area (Å²) in [6.07, 6.45) is 1.66. The fourth-order valence-electron chi connectivity index (χ4n) is 2.13. The quantitative estimate of drug-likeness (QED) is 0.869. The van der Waals surface area contributed by atoms with Crippen LogP contribution in [0.1, 0.15) is 20.8 Å². The number of nitrogens with one attached hydrogen (secondary N) is 1. The van der Waals surface area contributed by atoms with Gasteiger partial charge >= 0.3 is 0 Å². The lowest BCUT2D eigenvalue weighted by Crippen LogP contribution is -2.50. The van der Waals surface area contributed by atoms with Gasteiger partial charge in [0.2, 0.25) is 0 Å². The Morgan fingerprint density at radius 3 is 2.89 bits per heavy atom. The van der Waals surface area contributed by atoms with Crippen LogP contribution >= 0.6 is 0 Å². The average molecular weight is 249 g/mol. The summed E-state index contributed by atoms with van der Waals surface area (Å²) in [6, 6.07) is 3.00. The van der Waals surface area contributed by atoms with E-state index in [4.69, 9.17) is 0 Å². The van der Waals surface area contributed by atoms with Crippen LogP contribution in [0.15, 0.2) is 12.4 Å². The van der Waals surface area contributed by atoms with Crippen LogP contribution in [0.4, 0.5) is 11.6 Å². The van der Waals surface area contributed by atoms with Crippen LogP contribution in [0.5, 0.6) is 0 Å². The van der Waals surface area contributed by atoms with Gasteiger partial charge in [-0.25, -0.2) is 9.97 Å². The van der Waals surface area contributed by atoms with E-state index in [1.807, 2.05) is 0 Å². The molecule has 0 radical (unpaired) electrons. The van der Waals surface area contributed by atoms with Crippen molar-refractivity contribution in [2.45, 2.75) is 32.9 Å². The third-order valence-corrected chi connectivity index (χ3v) is 3.57. The molecule has 1 aromatic rings. The minimum absolute atomic E-state index is 0.438. The van der Waals surface area contributed by atoms with Crippen LogP contribution in [-0.2, 0) is 0 Å². The molecular weight excluding hydrogens is 226 g/mol. The second-order valence-corrected chi connectivity index (χ2v) is 5.19. The summed E-state index contributed by atoms with van der Waals surface area (Å²) in [4.78, 5) is 13.3. The number of rotatable bonds is 3. The number of aromatic nitrogens is 2. The Balaban J connectivity index is 2.21. The van der Waals surface area contributed by atoms with Gasteiger partial charge in [-0.15, -0.1) is 0 Å². The third kappa shape index (κ3) is 2.72. The molecule has 0 aromatic carbocycles. The molecule has 2 rings (SSSR count). The SMILES string of the molecule is CC(C)N(C)c1cc(N2CCNC[C@@H]2C)ncn1. The second kappa shape index (κ2) is 5.52. The maximum atomic E-state index is 4.42. The molecule has 1 fully saturated rings. The molecule has 0 unspecified atom stereocenters. The normalized spacial score (nSPS) is 20.3. The first-order valence-corrected chi connectivity index (χ1v) is 6.62. The Bertz CT molecular complexity index is 393. The molecule has 5 heteroatoms. The maximum absolute atomic E-state index is 4.42. The number of hydrogen-bond acceptors (Lipinski definition) is 5. The molecule has 0 amide bonds. The smallest absolute Gasteiger partial charge is 0.134 e. The molecule has 0 aliphatic carbocycles. The Hall–Kier alpha value is -1.36. The van der Waals surface area contributed by atoms with Gasteiger partial charge in [-0.2, -0.15) is 0 Å². The lowest BCUT2D eigenvalue weighted by molar-refractivity contribution is 0.497. The topological polar surface area (TPSA) is 44.3 Å². The Kier molecular flexibility index (Phi) is 4.01. The molecule has 1 N–H and O–H groups in total. The Morgan fingerprint density at radius 1 is 1.44 bits per heavy atom. The molecule has 5 nitrogen and oxygen atoms in total. The van der Waals surface area contributed by atoms with Crippen LogP contribution < -0.4 is 15.1 Å². The van der Waals surface area contributed by atoms with Crippen LogP contribution in [0.3, 0.4) is 0 Å². The Morgan fingerprint density at radius 2 is 2.22 bits per heavy atom. The zero-order valence-corrected chi connectivity index (χ0v) is 11.7. The van der Waals surface area contributed by atoms with Gasteiger partial charge in [0.25, 0.3) is 0 Å². The molecule has 1 aliphatic rings. The van der Waals surface area contributed by atoms with E-state index in [-0.39, 0.29) is 0 Å². The van der Waals surface area contributed by atoms with E-state index in [9.17, 15) is 0 Å². The molecule has 1 aliphatic heterocycles. The highest BCUT2D eigenvalue weighted by Gasteiger charge is 2.20. The summed E-state index contributed by atoms with van der Waals surface area (Å²) in [6.45, 7) is 9.58. The fourth-order valence-corrected chi connectivity index (χ4v) is 2.13. The lowest BCUT2D eigenvalue weighted by Gasteiger charge is -2.35. The largest absolute Gasteiger partial charge is 0.357 e. The highest BCUT2D eigenvalue weighted by atomic mass is 15.3. The van der Waals surface area contributed by atoms with E-state index in [2.05, 4.69) is 59.0 Å². The minimum atomic E-state index is 0.438. The Labute approximate surface area is 109 Å². The molecule has 0 spiro atoms. The molecule has 18 heavy (non-hydrogen) atoms. The van der Waals surface area contributed by atoms with Gasteiger partial charge < -0.3 is 15.1 Å². The average Bonchev–Trinajstić information content (AvgIpc) is 2.38. The first kappa shape index (κ1) is 13.1. The van der Waals surface area contributed by atoms with Crippen molar-refractivity contribution in [3.63, 3.8) is 0 Å². The zero-order chi connectivity index (χ0) is 13.1. The fraction of sp³-hybridized carbons (Fsp3) is 0.692. The van der Waals surface area contributed by atoms with Gasteiger partial charge in [0, 0.05) is 44.8 Å². The predicted octanol–water partition coefficient (Wildman–Crippen LogP) is 1.12. The van der Waals surface area contributed by atoms with Gasteiger partial charge in [0.15, 0.2) is 0 Å². The molecule has 1 aromatic heterocycles. The molecule has 0 bridgehead atoms. The summed E-state index contributed by atoms with van der Waals surface area (Å²) in [5, 5.41) is 3.39. The highest BCUT2D eigenvalue weighted by molar-refractivity contribution is 5.51. The number of hydrogen-bond donors (Lipinski definition) is 1. The lowest BCUT2D eigenvalue weighted by atomic mass is 10.2. The van der Waals surface area contributed by atoms with E-state index in [1.54, 1.807) is 6.33 Å². The van der Waals surface area contributed by atoms with Crippen molar-refractivity contribution in [2.24, 2.45) is 0 Å². The molecule has 1 saturated heterocycles. The summed E-state index contributed by atoms with van der Waals surface area (Å²) in [5.41, 5.74) is 0. The first-order valence-electron chi connectivity index (χ1n) is 6.62. The number of anilines is 2. The monoisotopic (exact) mass is 249 g/mol. The standard InChI is InChI=1S/C13H23N5/c1-10(2)17(4)12-7-13(16-9-15-12)18-6-5-14-8-11(18)3/h7,9-11,14H,5-6,8H2,1-4H3/t11-/m0/s1. The zero-order valence-electron chi connectivity index (χ0n) is 11.7. The minimum Gasteiger partial charge on any atom is -0.357 e. The summed E-state index contributed by atoms with van der Waals surface area (Å²) in [7, 11) is 2.07. The van der Waals surface area contributed by atoms with Crippen molar-refractivity contribution >= 4 is 11.6 Å². The van der Waals surface area contributed by atoms with Gasteiger partial charge in [-0.05, 0) is 20.8 Å². The van der Waals surface area contributed by atoms with E-state index in [1.165, 1.54) is 0 Å². The van der Waals surface area contributed by atoms with Crippen molar-refractivity contribution in [2.75, 3.05) is 36.5 Å². The van der Waals surface area contributed by atoms with E-state index >= 15 is 0 Å². The van der Waals surface area contributed by atoms with Gasteiger partial charge in [-0.1, -0.05) is 0 Å². The van der Waals surface area contributed by atoms with Crippen LogP contribution in [-0.4, -0.2) is 48.7 Å². The van der Waals surface area contributed by atoms with Crippen molar-refractivity contribution in [1.82, 2.24) is 15.3 Å². The van der Waals surface area contributed by atoms with Crippen molar-refractivity contribution in [3.05, 3.63) is 12.4 Å². The van der Waals surface area contributed by atoms with Gasteiger partial charge in [0.1, 0.15) is 18.0 Å².